The fourth-order valence-electron chi connectivity index (χ4n) is 4.76. The minimum absolute atomic E-state index is 0.105. The van der Waals surface area contributed by atoms with Crippen LogP contribution in [0.1, 0.15) is 60.8 Å². The maximum atomic E-state index is 12.9. The van der Waals surface area contributed by atoms with Crippen LogP contribution in [0.15, 0.2) is 0 Å². The SMILES string of the molecule is CC(C)(C)C(=O)N1CCC2(CC1)C[C@H](O)[C@H]1OC(=O)N(C(=O)C(C)(C)C)[C@H]12. The summed E-state index contributed by atoms with van der Waals surface area (Å²) in [4.78, 5) is 41.1. The Kier molecular flexibility index (Phi) is 4.61. The highest BCUT2D eigenvalue weighted by atomic mass is 16.6. The first-order valence-corrected chi connectivity index (χ1v) is 9.80. The number of ether oxygens (including phenoxy) is 1. The highest BCUT2D eigenvalue weighted by Gasteiger charge is 2.64. The molecule has 3 fully saturated rings. The molecule has 7 nitrogen and oxygen atoms in total. The van der Waals surface area contributed by atoms with Gasteiger partial charge in [-0.3, -0.25) is 9.59 Å². The number of aliphatic hydroxyl groups excluding tert-OH is 1. The minimum Gasteiger partial charge on any atom is -0.441 e. The number of amides is 3. The van der Waals surface area contributed by atoms with Crippen LogP contribution in [0.2, 0.25) is 0 Å². The second-order valence-electron chi connectivity index (χ2n) is 10.4. The van der Waals surface area contributed by atoms with Crippen molar-refractivity contribution in [3.05, 3.63) is 0 Å². The third-order valence-electron chi connectivity index (χ3n) is 6.19. The van der Waals surface area contributed by atoms with Crippen LogP contribution in [0.3, 0.4) is 0 Å². The Morgan fingerprint density at radius 1 is 1.04 bits per heavy atom. The Morgan fingerprint density at radius 3 is 2.04 bits per heavy atom. The monoisotopic (exact) mass is 380 g/mol. The number of carbonyl (C=O) groups is 3. The number of likely N-dealkylation sites (tertiary alicyclic amines) is 1. The number of hydrogen-bond donors (Lipinski definition) is 1. The van der Waals surface area contributed by atoms with Gasteiger partial charge in [0.25, 0.3) is 0 Å². The van der Waals surface area contributed by atoms with Crippen molar-refractivity contribution in [2.24, 2.45) is 16.2 Å². The lowest BCUT2D eigenvalue weighted by atomic mass is 9.72. The van der Waals surface area contributed by atoms with Gasteiger partial charge in [-0.05, 0) is 19.3 Å². The van der Waals surface area contributed by atoms with Gasteiger partial charge in [0.15, 0.2) is 6.10 Å². The lowest BCUT2D eigenvalue weighted by molar-refractivity contribution is -0.145. The molecule has 3 rings (SSSR count). The second-order valence-corrected chi connectivity index (χ2v) is 10.4. The molecule has 7 heteroatoms. The first kappa shape index (κ1) is 20.1. The molecule has 2 aliphatic heterocycles. The van der Waals surface area contributed by atoms with E-state index in [4.69, 9.17) is 4.74 Å². The molecule has 0 aromatic heterocycles. The van der Waals surface area contributed by atoms with Gasteiger partial charge in [0, 0.05) is 29.3 Å². The predicted octanol–water partition coefficient (Wildman–Crippen LogP) is 2.17. The first-order valence-electron chi connectivity index (χ1n) is 9.80. The van der Waals surface area contributed by atoms with Gasteiger partial charge in [-0.2, -0.15) is 0 Å². The van der Waals surface area contributed by atoms with Crippen molar-refractivity contribution in [2.45, 2.75) is 79.1 Å². The van der Waals surface area contributed by atoms with Gasteiger partial charge >= 0.3 is 6.09 Å². The van der Waals surface area contributed by atoms with Crippen LogP contribution in [0.4, 0.5) is 4.79 Å². The molecule has 2 saturated heterocycles. The smallest absolute Gasteiger partial charge is 0.417 e. The summed E-state index contributed by atoms with van der Waals surface area (Å²) in [6, 6.07) is -0.460. The van der Waals surface area contributed by atoms with Crippen LogP contribution in [0.25, 0.3) is 0 Å². The molecule has 2 heterocycles. The van der Waals surface area contributed by atoms with Gasteiger partial charge < -0.3 is 14.7 Å². The van der Waals surface area contributed by atoms with E-state index in [1.54, 1.807) is 20.8 Å². The lowest BCUT2D eigenvalue weighted by Crippen LogP contribution is -2.56. The van der Waals surface area contributed by atoms with Crippen molar-refractivity contribution in [1.29, 1.82) is 0 Å². The van der Waals surface area contributed by atoms with Crippen LogP contribution in [0, 0.1) is 16.2 Å². The summed E-state index contributed by atoms with van der Waals surface area (Å²) in [6.45, 7) is 12.2. The molecule has 3 aliphatic rings. The lowest BCUT2D eigenvalue weighted by Gasteiger charge is -2.45. The third-order valence-corrected chi connectivity index (χ3v) is 6.19. The number of fused-ring (bicyclic) bond motifs is 2. The zero-order valence-corrected chi connectivity index (χ0v) is 17.2. The van der Waals surface area contributed by atoms with Gasteiger partial charge in [0.1, 0.15) is 0 Å². The molecule has 0 radical (unpaired) electrons. The molecule has 0 aromatic carbocycles. The third kappa shape index (κ3) is 3.24. The number of hydrogen-bond acceptors (Lipinski definition) is 5. The summed E-state index contributed by atoms with van der Waals surface area (Å²) < 4.78 is 5.42. The maximum absolute atomic E-state index is 12.9. The second kappa shape index (κ2) is 6.19. The predicted molar refractivity (Wildman–Crippen MR) is 98.7 cm³/mol. The van der Waals surface area contributed by atoms with Crippen LogP contribution >= 0.6 is 0 Å². The van der Waals surface area contributed by atoms with E-state index in [0.29, 0.717) is 32.4 Å². The van der Waals surface area contributed by atoms with Gasteiger partial charge in [-0.15, -0.1) is 0 Å². The molecule has 152 valence electrons. The van der Waals surface area contributed by atoms with Crippen LogP contribution in [-0.2, 0) is 14.3 Å². The molecule has 1 N–H and O–H groups in total. The molecule has 1 aliphatic carbocycles. The first-order chi connectivity index (χ1) is 12.3. The summed E-state index contributed by atoms with van der Waals surface area (Å²) in [6.07, 6.45) is -0.317. The maximum Gasteiger partial charge on any atom is 0.417 e. The standard InChI is InChI=1S/C20H32N2O5/c1-18(2,3)15(24)21-9-7-20(8-10-21)11-12(23)13-14(20)22(17(26)27-13)16(25)19(4,5)6/h12-14,23H,7-11H2,1-6H3/t12-,13+,14+/m0/s1. The normalized spacial score (nSPS) is 30.5. The van der Waals surface area contributed by atoms with E-state index >= 15 is 0 Å². The number of carbonyl (C=O) groups excluding carboxylic acids is 3. The number of rotatable bonds is 0. The summed E-state index contributed by atoms with van der Waals surface area (Å²) >= 11 is 0. The van der Waals surface area contributed by atoms with Gasteiger partial charge in [0.2, 0.25) is 11.8 Å². The molecule has 0 aromatic rings. The number of imide groups is 1. The van der Waals surface area contributed by atoms with Crippen molar-refractivity contribution in [2.75, 3.05) is 13.1 Å². The average Bonchev–Trinajstić information content (AvgIpc) is 3.01. The van der Waals surface area contributed by atoms with E-state index in [0.717, 1.165) is 0 Å². The van der Waals surface area contributed by atoms with Crippen molar-refractivity contribution in [1.82, 2.24) is 9.80 Å². The van der Waals surface area contributed by atoms with Crippen molar-refractivity contribution >= 4 is 17.9 Å². The number of aliphatic hydroxyl groups is 1. The molecular formula is C20H32N2O5. The largest absolute Gasteiger partial charge is 0.441 e. The van der Waals surface area contributed by atoms with Crippen LogP contribution in [-0.4, -0.2) is 64.2 Å². The van der Waals surface area contributed by atoms with Crippen molar-refractivity contribution in [3.8, 4) is 0 Å². The van der Waals surface area contributed by atoms with E-state index in [2.05, 4.69) is 0 Å². The molecule has 1 saturated carbocycles. The zero-order valence-electron chi connectivity index (χ0n) is 17.2. The van der Waals surface area contributed by atoms with E-state index < -0.39 is 40.6 Å². The summed E-state index contributed by atoms with van der Waals surface area (Å²) in [7, 11) is 0. The Labute approximate surface area is 161 Å². The molecule has 3 atom stereocenters. The topological polar surface area (TPSA) is 87.2 Å². The molecule has 0 unspecified atom stereocenters. The number of piperidine rings is 1. The number of nitrogens with zero attached hydrogens (tertiary/aromatic N) is 2. The Hall–Kier alpha value is -1.63. The van der Waals surface area contributed by atoms with Gasteiger partial charge in [-0.25, -0.2) is 9.69 Å². The van der Waals surface area contributed by atoms with Crippen LogP contribution < -0.4 is 0 Å². The Morgan fingerprint density at radius 2 is 1.56 bits per heavy atom. The van der Waals surface area contributed by atoms with Gasteiger partial charge in [0.05, 0.1) is 12.1 Å². The van der Waals surface area contributed by atoms with Gasteiger partial charge in [-0.1, -0.05) is 41.5 Å². The van der Waals surface area contributed by atoms with E-state index in [9.17, 15) is 19.5 Å². The van der Waals surface area contributed by atoms with E-state index in [1.807, 2.05) is 25.7 Å². The Bertz CT molecular complexity index is 652. The molecule has 1 spiro atoms. The average molecular weight is 380 g/mol. The van der Waals surface area contributed by atoms with Crippen molar-refractivity contribution in [3.63, 3.8) is 0 Å². The Balaban J connectivity index is 1.85. The molecule has 0 bridgehead atoms. The quantitative estimate of drug-likeness (QED) is 0.696. The van der Waals surface area contributed by atoms with E-state index in [-0.39, 0.29) is 11.8 Å². The van der Waals surface area contributed by atoms with Crippen LogP contribution in [0.5, 0.6) is 0 Å². The zero-order chi connectivity index (χ0) is 20.4. The summed E-state index contributed by atoms with van der Waals surface area (Å²) in [5, 5.41) is 10.5. The fourth-order valence-corrected chi connectivity index (χ4v) is 4.76. The molecule has 27 heavy (non-hydrogen) atoms. The molecular weight excluding hydrogens is 348 g/mol. The summed E-state index contributed by atoms with van der Waals surface area (Å²) in [5.74, 6) is -0.171. The van der Waals surface area contributed by atoms with E-state index in [1.165, 1.54) is 4.90 Å². The minimum atomic E-state index is -0.776. The highest BCUT2D eigenvalue weighted by molar-refractivity contribution is 5.96. The fraction of sp³-hybridized carbons (Fsp3) is 0.850. The summed E-state index contributed by atoms with van der Waals surface area (Å²) in [5.41, 5.74) is -1.56. The van der Waals surface area contributed by atoms with Crippen molar-refractivity contribution < 1.29 is 24.2 Å². The highest BCUT2D eigenvalue weighted by Crippen LogP contribution is 2.53. The molecule has 3 amide bonds.